The molecule has 0 atom stereocenters. The Kier molecular flexibility index (Phi) is 4.44. The second-order valence-corrected chi connectivity index (χ2v) is 15.0. The highest BCUT2D eigenvalue weighted by molar-refractivity contribution is 7.32. The molecule has 0 amide bonds. The van der Waals surface area contributed by atoms with E-state index in [4.69, 9.17) is 4.98 Å². The molecule has 0 spiro atoms. The lowest BCUT2D eigenvalue weighted by Crippen LogP contribution is -2.36. The zero-order valence-electron chi connectivity index (χ0n) is 16.9. The molecule has 4 rings (SSSR count). The molecule has 0 aliphatic carbocycles. The summed E-state index contributed by atoms with van der Waals surface area (Å²) in [6.07, 6.45) is 1.73. The van der Waals surface area contributed by atoms with E-state index in [-0.39, 0.29) is 0 Å². The number of rotatable bonds is 3. The van der Waals surface area contributed by atoms with Crippen molar-refractivity contribution in [3.05, 3.63) is 53.9 Å². The summed E-state index contributed by atoms with van der Waals surface area (Å²) >= 11 is 1.91. The van der Waals surface area contributed by atoms with Crippen molar-refractivity contribution >= 4 is 44.9 Å². The Labute approximate surface area is 166 Å². The molecule has 0 aliphatic rings. The molecule has 2 aromatic carbocycles. The van der Waals surface area contributed by atoms with Crippen LogP contribution in [0.3, 0.4) is 0 Å². The molecule has 138 valence electrons. The number of hydrogen-bond donors (Lipinski definition) is 0. The summed E-state index contributed by atoms with van der Waals surface area (Å²) in [6.45, 7) is 14.0. The van der Waals surface area contributed by atoms with Gasteiger partial charge in [0.25, 0.3) is 0 Å². The fourth-order valence-electron chi connectivity index (χ4n) is 3.90. The van der Waals surface area contributed by atoms with E-state index in [2.05, 4.69) is 81.8 Å². The summed E-state index contributed by atoms with van der Waals surface area (Å²) in [5.74, 6) is 0.467. The van der Waals surface area contributed by atoms with Gasteiger partial charge in [-0.3, -0.25) is 0 Å². The lowest BCUT2D eigenvalue weighted by Gasteiger charge is -2.14. The van der Waals surface area contributed by atoms with Crippen LogP contribution in [0.2, 0.25) is 19.6 Å². The van der Waals surface area contributed by atoms with E-state index in [1.807, 2.05) is 11.3 Å². The fraction of sp³-hybridized carbons (Fsp3) is 0.304. The van der Waals surface area contributed by atoms with Crippen LogP contribution in [-0.2, 0) is 0 Å². The maximum absolute atomic E-state index is 4.74. The Balaban J connectivity index is 2.03. The average Bonchev–Trinajstić information content (AvgIpc) is 2.98. The zero-order chi connectivity index (χ0) is 19.3. The molecule has 4 heteroatoms. The predicted molar refractivity (Wildman–Crippen MR) is 122 cm³/mol. The Morgan fingerprint density at radius 1 is 1.00 bits per heavy atom. The van der Waals surface area contributed by atoms with E-state index >= 15 is 0 Å². The molecule has 0 saturated carbocycles. The van der Waals surface area contributed by atoms with Crippen molar-refractivity contribution in [1.29, 1.82) is 0 Å². The smallest absolute Gasteiger partial charge is 0.116 e. The highest BCUT2D eigenvalue weighted by atomic mass is 32.1. The first kappa shape index (κ1) is 18.3. The summed E-state index contributed by atoms with van der Waals surface area (Å²) in [4.78, 5) is 9.38. The van der Waals surface area contributed by atoms with Crippen molar-refractivity contribution in [2.24, 2.45) is 0 Å². The Morgan fingerprint density at radius 3 is 2.44 bits per heavy atom. The Morgan fingerprint density at radius 2 is 1.74 bits per heavy atom. The van der Waals surface area contributed by atoms with E-state index in [0.29, 0.717) is 5.92 Å². The quantitative estimate of drug-likeness (QED) is 0.374. The first-order chi connectivity index (χ1) is 12.8. The summed E-state index contributed by atoms with van der Waals surface area (Å²) < 4.78 is 2.77. The van der Waals surface area contributed by atoms with Gasteiger partial charge in [-0.15, -0.1) is 11.3 Å². The van der Waals surface area contributed by atoms with E-state index < -0.39 is 8.07 Å². The van der Waals surface area contributed by atoms with Gasteiger partial charge in [-0.2, -0.15) is 0 Å². The molecule has 0 fully saturated rings. The van der Waals surface area contributed by atoms with Crippen molar-refractivity contribution in [2.45, 2.75) is 46.3 Å². The largest absolute Gasteiger partial charge is 0.235 e. The number of aromatic nitrogens is 2. The van der Waals surface area contributed by atoms with Crippen molar-refractivity contribution < 1.29 is 0 Å². The minimum absolute atomic E-state index is 0.467. The van der Waals surface area contributed by atoms with Crippen LogP contribution < -0.4 is 4.50 Å². The Bertz CT molecular complexity index is 1150. The van der Waals surface area contributed by atoms with Gasteiger partial charge in [0.05, 0.1) is 24.0 Å². The lowest BCUT2D eigenvalue weighted by atomic mass is 9.92. The maximum Gasteiger partial charge on any atom is 0.116 e. The zero-order valence-corrected chi connectivity index (χ0v) is 18.7. The van der Waals surface area contributed by atoms with E-state index in [1.54, 1.807) is 6.33 Å². The van der Waals surface area contributed by atoms with Crippen LogP contribution in [0.5, 0.6) is 0 Å². The third-order valence-corrected chi connectivity index (χ3v) is 10.2. The fourth-order valence-corrected chi connectivity index (χ4v) is 7.70. The number of thiophene rings is 1. The van der Waals surface area contributed by atoms with Crippen molar-refractivity contribution in [3.63, 3.8) is 0 Å². The van der Waals surface area contributed by atoms with Crippen molar-refractivity contribution in [2.75, 3.05) is 0 Å². The monoisotopic (exact) mass is 390 g/mol. The first-order valence-electron chi connectivity index (χ1n) is 9.55. The summed E-state index contributed by atoms with van der Waals surface area (Å²) in [5, 5.41) is 2.62. The molecule has 0 N–H and O–H groups in total. The highest BCUT2D eigenvalue weighted by Crippen LogP contribution is 2.36. The second kappa shape index (κ2) is 6.53. The van der Waals surface area contributed by atoms with Crippen molar-refractivity contribution in [3.8, 4) is 11.3 Å². The SMILES string of the molecule is Cc1c([Si](C)(C)C)sc2c(-c3cc(C(C)C)c4ccccc4c3)ncnc12. The third-order valence-electron chi connectivity index (χ3n) is 5.17. The van der Waals surface area contributed by atoms with E-state index in [1.165, 1.54) is 36.7 Å². The van der Waals surface area contributed by atoms with Gasteiger partial charge in [0.2, 0.25) is 0 Å². The molecule has 0 bridgehead atoms. The molecular formula is C23H26N2SSi. The lowest BCUT2D eigenvalue weighted by molar-refractivity contribution is 0.876. The summed E-state index contributed by atoms with van der Waals surface area (Å²) in [7, 11) is -1.41. The molecular weight excluding hydrogens is 364 g/mol. The molecule has 0 radical (unpaired) electrons. The van der Waals surface area contributed by atoms with Gasteiger partial charge in [0.1, 0.15) is 6.33 Å². The van der Waals surface area contributed by atoms with Gasteiger partial charge in [0, 0.05) is 5.56 Å². The standard InChI is InChI=1S/C23H26N2SSi/c1-14(2)19-12-17(11-16-9-7-8-10-18(16)19)21-22-20(24-13-25-21)15(3)23(26-22)27(4,5)6/h7-14H,1-6H3. The highest BCUT2D eigenvalue weighted by Gasteiger charge is 2.25. The van der Waals surface area contributed by atoms with Crippen LogP contribution in [0.1, 0.15) is 30.9 Å². The van der Waals surface area contributed by atoms with Crippen LogP contribution in [0.4, 0.5) is 0 Å². The number of nitrogens with zero attached hydrogens (tertiary/aromatic N) is 2. The van der Waals surface area contributed by atoms with Crippen LogP contribution in [-0.4, -0.2) is 18.0 Å². The van der Waals surface area contributed by atoms with Crippen LogP contribution in [0.15, 0.2) is 42.7 Å². The number of fused-ring (bicyclic) bond motifs is 2. The molecule has 4 aromatic rings. The third kappa shape index (κ3) is 3.11. The Hall–Kier alpha value is -2.04. The number of aryl methyl sites for hydroxylation is 1. The van der Waals surface area contributed by atoms with Gasteiger partial charge in [-0.1, -0.05) is 57.8 Å². The van der Waals surface area contributed by atoms with Crippen LogP contribution in [0.25, 0.3) is 32.2 Å². The van der Waals surface area contributed by atoms with Gasteiger partial charge in [0.15, 0.2) is 0 Å². The van der Waals surface area contributed by atoms with Gasteiger partial charge >= 0.3 is 0 Å². The number of benzene rings is 2. The van der Waals surface area contributed by atoms with Crippen LogP contribution >= 0.6 is 11.3 Å². The van der Waals surface area contributed by atoms with E-state index in [0.717, 1.165) is 11.2 Å². The predicted octanol–water partition coefficient (Wildman–Crippen LogP) is 6.49. The minimum Gasteiger partial charge on any atom is -0.235 e. The van der Waals surface area contributed by atoms with Gasteiger partial charge in [-0.25, -0.2) is 9.97 Å². The van der Waals surface area contributed by atoms with Crippen molar-refractivity contribution in [1.82, 2.24) is 9.97 Å². The molecule has 0 unspecified atom stereocenters. The van der Waals surface area contributed by atoms with Crippen LogP contribution in [0, 0.1) is 6.92 Å². The first-order valence-corrected chi connectivity index (χ1v) is 13.9. The maximum atomic E-state index is 4.74. The molecule has 2 heterocycles. The number of hydrogen-bond acceptors (Lipinski definition) is 3. The normalized spacial score (nSPS) is 12.4. The molecule has 2 aromatic heterocycles. The average molecular weight is 391 g/mol. The van der Waals surface area contributed by atoms with E-state index in [9.17, 15) is 0 Å². The molecule has 2 nitrogen and oxygen atoms in total. The summed E-state index contributed by atoms with van der Waals surface area (Å²) in [6, 6.07) is 13.3. The molecule has 0 aliphatic heterocycles. The minimum atomic E-state index is -1.41. The second-order valence-electron chi connectivity index (χ2n) is 8.65. The molecule has 27 heavy (non-hydrogen) atoms. The molecule has 0 saturated heterocycles. The van der Waals surface area contributed by atoms with Gasteiger partial charge < -0.3 is 0 Å². The topological polar surface area (TPSA) is 25.8 Å². The van der Waals surface area contributed by atoms with Gasteiger partial charge in [-0.05, 0) is 51.4 Å². The summed E-state index contributed by atoms with van der Waals surface area (Å²) in [5.41, 5.74) is 6.14.